The first-order valence-corrected chi connectivity index (χ1v) is 13.3. The number of hydrogen-bond acceptors (Lipinski definition) is 4. The van der Waals surface area contributed by atoms with Gasteiger partial charge in [-0.3, -0.25) is 14.3 Å². The van der Waals surface area contributed by atoms with E-state index in [-0.39, 0.29) is 17.9 Å². The Morgan fingerprint density at radius 3 is 2.58 bits per heavy atom. The van der Waals surface area contributed by atoms with E-state index in [9.17, 15) is 9.59 Å². The van der Waals surface area contributed by atoms with E-state index in [0.29, 0.717) is 28.6 Å². The van der Waals surface area contributed by atoms with Gasteiger partial charge in [-0.1, -0.05) is 11.6 Å². The Morgan fingerprint density at radius 2 is 1.86 bits per heavy atom. The predicted molar refractivity (Wildman–Crippen MR) is 140 cm³/mol. The molecule has 3 aromatic rings. The topological polar surface area (TPSA) is 76.5 Å². The average molecular weight is 509 g/mol. The maximum atomic E-state index is 12.8. The molecule has 0 saturated carbocycles. The van der Waals surface area contributed by atoms with Gasteiger partial charge in [0.05, 0.1) is 11.6 Å². The molecule has 8 heteroatoms. The molecule has 0 spiro atoms. The van der Waals surface area contributed by atoms with Crippen molar-refractivity contribution in [1.29, 1.82) is 0 Å². The number of halogens is 1. The summed E-state index contributed by atoms with van der Waals surface area (Å²) >= 11 is 5.95. The number of fused-ring (bicyclic) bond motifs is 1. The number of benzene rings is 2. The number of nitrogens with one attached hydrogen (secondary N) is 1. The zero-order valence-electron chi connectivity index (χ0n) is 20.7. The molecular formula is C28H33ClN4O3. The van der Waals surface area contributed by atoms with Gasteiger partial charge >= 0.3 is 0 Å². The molecule has 2 amide bonds. The fourth-order valence-corrected chi connectivity index (χ4v) is 5.37. The number of carbonyl (C=O) groups excluding carboxylic acids is 2. The number of rotatable bonds is 6. The minimum atomic E-state index is -0.0611. The summed E-state index contributed by atoms with van der Waals surface area (Å²) in [6.45, 7) is 5.60. The Balaban J connectivity index is 1.18. The zero-order valence-corrected chi connectivity index (χ0v) is 21.5. The number of piperidine rings is 1. The third-order valence-electron chi connectivity index (χ3n) is 7.45. The van der Waals surface area contributed by atoms with Crippen LogP contribution in [0, 0.1) is 12.8 Å². The molecule has 2 aromatic carbocycles. The molecule has 0 radical (unpaired) electrons. The molecule has 1 atom stereocenters. The van der Waals surface area contributed by atoms with Crippen LogP contribution in [0.2, 0.25) is 5.02 Å². The third-order valence-corrected chi connectivity index (χ3v) is 7.71. The molecule has 0 aliphatic carbocycles. The minimum Gasteiger partial charge on any atom is -0.376 e. The second-order valence-electron chi connectivity index (χ2n) is 9.96. The quantitative estimate of drug-likeness (QED) is 0.516. The van der Waals surface area contributed by atoms with Crippen LogP contribution in [0.25, 0.3) is 10.9 Å². The smallest absolute Gasteiger partial charge is 0.253 e. The van der Waals surface area contributed by atoms with Crippen LogP contribution in [0.15, 0.2) is 42.6 Å². The van der Waals surface area contributed by atoms with Crippen LogP contribution >= 0.6 is 11.6 Å². The lowest BCUT2D eigenvalue weighted by Gasteiger charge is -2.32. The molecule has 2 aliphatic heterocycles. The highest BCUT2D eigenvalue weighted by Crippen LogP contribution is 2.25. The lowest BCUT2D eigenvalue weighted by Crippen LogP contribution is -2.39. The first-order chi connectivity index (χ1) is 17.5. The number of carbonyl (C=O) groups is 2. The van der Waals surface area contributed by atoms with Crippen molar-refractivity contribution in [2.45, 2.75) is 51.7 Å². The SMILES string of the molecule is Cc1c(C(=O)NCC2CCCCO2)ccc2nn(CC3CCN(C(=O)c4ccc(Cl)cc4)CC3)cc12. The predicted octanol–water partition coefficient (Wildman–Crippen LogP) is 4.85. The number of amides is 2. The van der Waals surface area contributed by atoms with Gasteiger partial charge in [0.15, 0.2) is 0 Å². The summed E-state index contributed by atoms with van der Waals surface area (Å²) in [5.41, 5.74) is 3.21. The van der Waals surface area contributed by atoms with Gasteiger partial charge in [-0.25, -0.2) is 0 Å². The Morgan fingerprint density at radius 1 is 1.08 bits per heavy atom. The summed E-state index contributed by atoms with van der Waals surface area (Å²) in [7, 11) is 0. The van der Waals surface area contributed by atoms with Crippen molar-refractivity contribution in [3.8, 4) is 0 Å². The summed E-state index contributed by atoms with van der Waals surface area (Å²) in [6, 6.07) is 10.9. The normalized spacial score (nSPS) is 18.9. The molecule has 7 nitrogen and oxygen atoms in total. The molecule has 36 heavy (non-hydrogen) atoms. The van der Waals surface area contributed by atoms with E-state index in [0.717, 1.165) is 74.8 Å². The summed E-state index contributed by atoms with van der Waals surface area (Å²) < 4.78 is 7.73. The Labute approximate surface area is 216 Å². The number of ether oxygens (including phenoxy) is 1. The second kappa shape index (κ2) is 11.0. The van der Waals surface area contributed by atoms with Crippen LogP contribution in [0.4, 0.5) is 0 Å². The first kappa shape index (κ1) is 24.8. The van der Waals surface area contributed by atoms with Gasteiger partial charge in [-0.05, 0) is 86.9 Å². The van der Waals surface area contributed by atoms with E-state index in [1.165, 1.54) is 0 Å². The average Bonchev–Trinajstić information content (AvgIpc) is 3.32. The van der Waals surface area contributed by atoms with Crippen molar-refractivity contribution in [3.05, 3.63) is 64.3 Å². The van der Waals surface area contributed by atoms with Crippen LogP contribution < -0.4 is 5.32 Å². The fraction of sp³-hybridized carbons (Fsp3) is 0.464. The van der Waals surface area contributed by atoms with E-state index >= 15 is 0 Å². The van der Waals surface area contributed by atoms with Crippen molar-refractivity contribution >= 4 is 34.3 Å². The number of likely N-dealkylation sites (tertiary alicyclic amines) is 1. The summed E-state index contributed by atoms with van der Waals surface area (Å²) in [4.78, 5) is 27.6. The van der Waals surface area contributed by atoms with E-state index in [2.05, 4.69) is 11.5 Å². The molecule has 2 fully saturated rings. The van der Waals surface area contributed by atoms with Gasteiger partial charge in [0.2, 0.25) is 0 Å². The molecule has 1 aromatic heterocycles. The first-order valence-electron chi connectivity index (χ1n) is 12.9. The second-order valence-corrected chi connectivity index (χ2v) is 10.4. The van der Waals surface area contributed by atoms with Crippen LogP contribution in [-0.2, 0) is 11.3 Å². The standard InChI is InChI=1S/C28H33ClN4O3/c1-19-24(27(34)30-16-23-4-2-3-15-36-23)9-10-26-25(19)18-33(31-26)17-20-11-13-32(14-12-20)28(35)21-5-7-22(29)8-6-21/h5-10,18,20,23H,2-4,11-17H2,1H3,(H,30,34). The van der Waals surface area contributed by atoms with Crippen LogP contribution in [-0.4, -0.2) is 58.8 Å². The van der Waals surface area contributed by atoms with Gasteiger partial charge in [0.25, 0.3) is 11.8 Å². The molecule has 3 heterocycles. The van der Waals surface area contributed by atoms with Gasteiger partial charge < -0.3 is 15.0 Å². The minimum absolute atomic E-state index is 0.0611. The number of aromatic nitrogens is 2. The van der Waals surface area contributed by atoms with Crippen molar-refractivity contribution in [1.82, 2.24) is 20.0 Å². The highest BCUT2D eigenvalue weighted by atomic mass is 35.5. The van der Waals surface area contributed by atoms with Gasteiger partial charge in [-0.15, -0.1) is 0 Å². The molecule has 2 saturated heterocycles. The Kier molecular flexibility index (Phi) is 7.58. The van der Waals surface area contributed by atoms with Crippen LogP contribution in [0.5, 0.6) is 0 Å². The molecule has 1 unspecified atom stereocenters. The van der Waals surface area contributed by atoms with Gasteiger partial charge in [-0.2, -0.15) is 5.10 Å². The number of nitrogens with zero attached hydrogens (tertiary/aromatic N) is 3. The van der Waals surface area contributed by atoms with E-state index in [4.69, 9.17) is 21.4 Å². The lowest BCUT2D eigenvalue weighted by molar-refractivity contribution is 0.0169. The van der Waals surface area contributed by atoms with Crippen molar-refractivity contribution < 1.29 is 14.3 Å². The molecule has 1 N–H and O–H groups in total. The van der Waals surface area contributed by atoms with Crippen molar-refractivity contribution in [2.75, 3.05) is 26.2 Å². The third kappa shape index (κ3) is 5.57. The number of aryl methyl sites for hydroxylation is 1. The highest BCUT2D eigenvalue weighted by molar-refractivity contribution is 6.30. The van der Waals surface area contributed by atoms with Crippen LogP contribution in [0.1, 0.15) is 58.4 Å². The largest absolute Gasteiger partial charge is 0.376 e. The Hall–Kier alpha value is -2.90. The lowest BCUT2D eigenvalue weighted by atomic mass is 9.96. The molecule has 5 rings (SSSR count). The zero-order chi connectivity index (χ0) is 25.1. The highest BCUT2D eigenvalue weighted by Gasteiger charge is 2.24. The molecule has 190 valence electrons. The number of hydrogen-bond donors (Lipinski definition) is 1. The maximum absolute atomic E-state index is 12.8. The van der Waals surface area contributed by atoms with Crippen molar-refractivity contribution in [3.63, 3.8) is 0 Å². The Bertz CT molecular complexity index is 1230. The van der Waals surface area contributed by atoms with Crippen LogP contribution in [0.3, 0.4) is 0 Å². The summed E-state index contributed by atoms with van der Waals surface area (Å²) in [5, 5.41) is 9.45. The van der Waals surface area contributed by atoms with Gasteiger partial charge in [0, 0.05) is 60.5 Å². The van der Waals surface area contributed by atoms with Crippen molar-refractivity contribution in [2.24, 2.45) is 5.92 Å². The monoisotopic (exact) mass is 508 g/mol. The molecular weight excluding hydrogens is 476 g/mol. The molecule has 0 bridgehead atoms. The van der Waals surface area contributed by atoms with E-state index in [1.54, 1.807) is 24.3 Å². The maximum Gasteiger partial charge on any atom is 0.253 e. The summed E-state index contributed by atoms with van der Waals surface area (Å²) in [6.07, 6.45) is 7.29. The summed E-state index contributed by atoms with van der Waals surface area (Å²) in [5.74, 6) is 0.452. The molecule has 2 aliphatic rings. The van der Waals surface area contributed by atoms with E-state index < -0.39 is 0 Å². The van der Waals surface area contributed by atoms with Gasteiger partial charge in [0.1, 0.15) is 0 Å². The van der Waals surface area contributed by atoms with E-state index in [1.807, 2.05) is 28.6 Å². The fourth-order valence-electron chi connectivity index (χ4n) is 5.25.